The quantitative estimate of drug-likeness (QED) is 0.764. The van der Waals surface area contributed by atoms with Gasteiger partial charge in [-0.1, -0.05) is 6.07 Å². The van der Waals surface area contributed by atoms with Gasteiger partial charge in [-0.2, -0.15) is 0 Å². The van der Waals surface area contributed by atoms with Gasteiger partial charge in [0.2, 0.25) is 0 Å². The molecule has 0 amide bonds. The van der Waals surface area contributed by atoms with Gasteiger partial charge in [0.15, 0.2) is 0 Å². The third-order valence-electron chi connectivity index (χ3n) is 2.92. The Bertz CT molecular complexity index is 556. The molecule has 1 aliphatic rings. The zero-order valence-electron chi connectivity index (χ0n) is 8.84. The van der Waals surface area contributed by atoms with Gasteiger partial charge >= 0.3 is 0 Å². The first-order valence-electron chi connectivity index (χ1n) is 5.47. The molecule has 3 nitrogen and oxygen atoms in total. The van der Waals surface area contributed by atoms with Gasteiger partial charge in [-0.3, -0.25) is 14.3 Å². The van der Waals surface area contributed by atoms with Gasteiger partial charge in [0, 0.05) is 24.7 Å². The average Bonchev–Trinajstić information content (AvgIpc) is 3.15. The van der Waals surface area contributed by atoms with Crippen molar-refractivity contribution < 1.29 is 0 Å². The lowest BCUT2D eigenvalue weighted by atomic mass is 10.2. The molecule has 0 unspecified atom stereocenters. The maximum absolute atomic E-state index is 11.8. The van der Waals surface area contributed by atoms with E-state index in [9.17, 15) is 4.79 Å². The fourth-order valence-electron chi connectivity index (χ4n) is 1.87. The summed E-state index contributed by atoms with van der Waals surface area (Å²) in [6.07, 6.45) is 7.84. The van der Waals surface area contributed by atoms with Gasteiger partial charge < -0.3 is 0 Å². The van der Waals surface area contributed by atoms with E-state index in [1.807, 2.05) is 24.4 Å². The summed E-state index contributed by atoms with van der Waals surface area (Å²) in [5.41, 5.74) is 2.15. The highest BCUT2D eigenvalue weighted by molar-refractivity contribution is 5.32. The van der Waals surface area contributed by atoms with Crippen molar-refractivity contribution in [2.45, 2.75) is 18.8 Å². The van der Waals surface area contributed by atoms with Crippen LogP contribution in [0.5, 0.6) is 0 Å². The Morgan fingerprint density at radius 1 is 1.12 bits per heavy atom. The van der Waals surface area contributed by atoms with Gasteiger partial charge in [-0.15, -0.1) is 0 Å². The van der Waals surface area contributed by atoms with E-state index in [0.29, 0.717) is 5.92 Å². The van der Waals surface area contributed by atoms with Crippen LogP contribution in [0.15, 0.2) is 47.7 Å². The van der Waals surface area contributed by atoms with E-state index in [-0.39, 0.29) is 5.56 Å². The highest BCUT2D eigenvalue weighted by Gasteiger charge is 2.23. The summed E-state index contributed by atoms with van der Waals surface area (Å²) >= 11 is 0. The molecule has 2 aromatic heterocycles. The fraction of sp³-hybridized carbons (Fsp3) is 0.231. The maximum atomic E-state index is 11.8. The zero-order valence-corrected chi connectivity index (χ0v) is 8.84. The minimum atomic E-state index is 0.00981. The zero-order chi connectivity index (χ0) is 11.0. The summed E-state index contributed by atoms with van der Waals surface area (Å²) in [4.78, 5) is 15.7. The molecule has 0 spiro atoms. The van der Waals surface area contributed by atoms with Crippen LogP contribution in [0.2, 0.25) is 0 Å². The van der Waals surface area contributed by atoms with E-state index in [2.05, 4.69) is 4.98 Å². The molecule has 1 fully saturated rings. The number of aromatic nitrogens is 2. The molecule has 0 N–H and O–H groups in total. The van der Waals surface area contributed by atoms with E-state index >= 15 is 0 Å². The molecule has 2 heterocycles. The number of hydrogen-bond acceptors (Lipinski definition) is 2. The molecule has 3 rings (SSSR count). The SMILES string of the molecule is O=c1ccc(C2CC2)cn1-c1ccncc1. The van der Waals surface area contributed by atoms with Crippen molar-refractivity contribution in [1.29, 1.82) is 0 Å². The Morgan fingerprint density at radius 2 is 1.88 bits per heavy atom. The number of rotatable bonds is 2. The number of pyridine rings is 2. The van der Waals surface area contributed by atoms with Gasteiger partial charge in [0.25, 0.3) is 5.56 Å². The first-order valence-corrected chi connectivity index (χ1v) is 5.47. The highest BCUT2D eigenvalue weighted by Crippen LogP contribution is 2.39. The summed E-state index contributed by atoms with van der Waals surface area (Å²) in [5, 5.41) is 0. The normalized spacial score (nSPS) is 15.0. The minimum absolute atomic E-state index is 0.00981. The summed E-state index contributed by atoms with van der Waals surface area (Å²) in [6.45, 7) is 0. The largest absolute Gasteiger partial charge is 0.284 e. The lowest BCUT2D eigenvalue weighted by Crippen LogP contribution is -2.16. The molecule has 80 valence electrons. The Morgan fingerprint density at radius 3 is 2.56 bits per heavy atom. The molecule has 1 aliphatic carbocycles. The summed E-state index contributed by atoms with van der Waals surface area (Å²) in [7, 11) is 0. The second-order valence-electron chi connectivity index (χ2n) is 4.15. The topological polar surface area (TPSA) is 34.9 Å². The second-order valence-corrected chi connectivity index (χ2v) is 4.15. The summed E-state index contributed by atoms with van der Waals surface area (Å²) in [6, 6.07) is 7.28. The lowest BCUT2D eigenvalue weighted by Gasteiger charge is -2.06. The van der Waals surface area contributed by atoms with Gasteiger partial charge in [-0.25, -0.2) is 0 Å². The molecule has 1 saturated carbocycles. The van der Waals surface area contributed by atoms with Crippen molar-refractivity contribution in [3.8, 4) is 5.69 Å². The molecule has 0 saturated heterocycles. The highest BCUT2D eigenvalue weighted by atomic mass is 16.1. The summed E-state index contributed by atoms with van der Waals surface area (Å²) < 4.78 is 1.69. The van der Waals surface area contributed by atoms with Crippen molar-refractivity contribution in [3.05, 3.63) is 58.8 Å². The van der Waals surface area contributed by atoms with Crippen LogP contribution in [0.4, 0.5) is 0 Å². The third-order valence-corrected chi connectivity index (χ3v) is 2.92. The van der Waals surface area contributed by atoms with Gasteiger partial charge in [-0.05, 0) is 36.5 Å². The van der Waals surface area contributed by atoms with Crippen molar-refractivity contribution in [2.75, 3.05) is 0 Å². The average molecular weight is 212 g/mol. The van der Waals surface area contributed by atoms with Gasteiger partial charge in [0.05, 0.1) is 5.69 Å². The van der Waals surface area contributed by atoms with Crippen LogP contribution in [0, 0.1) is 0 Å². The third kappa shape index (κ3) is 1.65. The molecule has 0 aliphatic heterocycles. The van der Waals surface area contributed by atoms with Crippen LogP contribution in [0.1, 0.15) is 24.3 Å². The molecule has 0 bridgehead atoms. The van der Waals surface area contributed by atoms with E-state index in [0.717, 1.165) is 5.69 Å². The maximum Gasteiger partial charge on any atom is 0.255 e. The van der Waals surface area contributed by atoms with E-state index in [1.54, 1.807) is 23.0 Å². The van der Waals surface area contributed by atoms with Crippen molar-refractivity contribution in [1.82, 2.24) is 9.55 Å². The minimum Gasteiger partial charge on any atom is -0.284 e. The molecule has 0 atom stereocenters. The predicted molar refractivity (Wildman–Crippen MR) is 61.8 cm³/mol. The smallest absolute Gasteiger partial charge is 0.255 e. The summed E-state index contributed by atoms with van der Waals surface area (Å²) in [5.74, 6) is 0.661. The van der Waals surface area contributed by atoms with Crippen molar-refractivity contribution in [3.63, 3.8) is 0 Å². The van der Waals surface area contributed by atoms with Crippen LogP contribution >= 0.6 is 0 Å². The fourth-order valence-corrected chi connectivity index (χ4v) is 1.87. The van der Waals surface area contributed by atoms with Crippen LogP contribution in [0.3, 0.4) is 0 Å². The van der Waals surface area contributed by atoms with E-state index in [1.165, 1.54) is 18.4 Å². The molecular weight excluding hydrogens is 200 g/mol. The second kappa shape index (κ2) is 3.59. The Labute approximate surface area is 93.4 Å². The van der Waals surface area contributed by atoms with Crippen molar-refractivity contribution in [2.24, 2.45) is 0 Å². The Hall–Kier alpha value is -1.90. The molecule has 16 heavy (non-hydrogen) atoms. The number of hydrogen-bond donors (Lipinski definition) is 0. The van der Waals surface area contributed by atoms with Crippen LogP contribution in [0.25, 0.3) is 5.69 Å². The van der Waals surface area contributed by atoms with Crippen LogP contribution < -0.4 is 5.56 Å². The van der Waals surface area contributed by atoms with Crippen LogP contribution in [-0.2, 0) is 0 Å². The predicted octanol–water partition coefficient (Wildman–Crippen LogP) is 2.11. The van der Waals surface area contributed by atoms with Crippen LogP contribution in [-0.4, -0.2) is 9.55 Å². The van der Waals surface area contributed by atoms with E-state index in [4.69, 9.17) is 0 Å². The molecule has 0 radical (unpaired) electrons. The first-order chi connectivity index (χ1) is 7.84. The standard InChI is InChI=1S/C13H12N2O/c16-13-4-3-11(10-1-2-10)9-15(13)12-5-7-14-8-6-12/h3-10H,1-2H2. The monoisotopic (exact) mass is 212 g/mol. The number of nitrogens with zero attached hydrogens (tertiary/aromatic N) is 2. The molecule has 2 aromatic rings. The van der Waals surface area contributed by atoms with Crippen molar-refractivity contribution >= 4 is 0 Å². The Kier molecular flexibility index (Phi) is 2.10. The Balaban J connectivity index is 2.12. The van der Waals surface area contributed by atoms with Gasteiger partial charge in [0.1, 0.15) is 0 Å². The lowest BCUT2D eigenvalue weighted by molar-refractivity contribution is 0.945. The molecular formula is C13H12N2O. The molecule has 0 aromatic carbocycles. The first kappa shape index (κ1) is 9.33. The molecule has 3 heteroatoms. The van der Waals surface area contributed by atoms with E-state index < -0.39 is 0 Å².